The van der Waals surface area contributed by atoms with Crippen LogP contribution in [0.2, 0.25) is 0 Å². The summed E-state index contributed by atoms with van der Waals surface area (Å²) >= 11 is 0. The molecular weight excluding hydrogens is 258 g/mol. The van der Waals surface area contributed by atoms with E-state index in [0.717, 1.165) is 25.4 Å². The zero-order valence-electron chi connectivity index (χ0n) is 12.3. The highest BCUT2D eigenvalue weighted by atomic mass is 32.2. The molecule has 0 aromatic heterocycles. The van der Waals surface area contributed by atoms with Gasteiger partial charge in [0.25, 0.3) is 0 Å². The van der Waals surface area contributed by atoms with Gasteiger partial charge in [-0.15, -0.1) is 0 Å². The van der Waals surface area contributed by atoms with Crippen molar-refractivity contribution in [2.75, 3.05) is 18.1 Å². The molecule has 3 nitrogen and oxygen atoms in total. The molecule has 0 radical (unpaired) electrons. The molecule has 1 N–H and O–H groups in total. The highest BCUT2D eigenvalue weighted by molar-refractivity contribution is 7.91. The van der Waals surface area contributed by atoms with Crippen LogP contribution in [0.25, 0.3) is 0 Å². The third-order valence-electron chi connectivity index (χ3n) is 4.86. The average molecular weight is 287 g/mol. The summed E-state index contributed by atoms with van der Waals surface area (Å²) in [6, 6.07) is 0.762. The first-order valence-corrected chi connectivity index (χ1v) is 9.81. The molecule has 0 unspecified atom stereocenters. The largest absolute Gasteiger partial charge is 0.313 e. The van der Waals surface area contributed by atoms with Crippen molar-refractivity contribution < 1.29 is 8.42 Å². The van der Waals surface area contributed by atoms with E-state index in [9.17, 15) is 8.42 Å². The molecule has 2 saturated carbocycles. The van der Waals surface area contributed by atoms with Gasteiger partial charge in [-0.2, -0.15) is 0 Å². The first-order valence-electron chi connectivity index (χ1n) is 7.99. The Bertz CT molecular complexity index is 368. The zero-order valence-corrected chi connectivity index (χ0v) is 13.1. The minimum Gasteiger partial charge on any atom is -0.313 e. The Kier molecular flexibility index (Phi) is 5.29. The predicted molar refractivity (Wildman–Crippen MR) is 80.1 cm³/mol. The Balaban J connectivity index is 1.82. The van der Waals surface area contributed by atoms with Crippen molar-refractivity contribution in [1.29, 1.82) is 0 Å². The van der Waals surface area contributed by atoms with Crippen LogP contribution in [-0.4, -0.2) is 32.5 Å². The van der Waals surface area contributed by atoms with E-state index in [1.54, 1.807) is 6.92 Å². The molecular formula is C15H29NO2S. The van der Waals surface area contributed by atoms with E-state index in [4.69, 9.17) is 0 Å². The molecule has 2 aliphatic carbocycles. The van der Waals surface area contributed by atoms with Crippen molar-refractivity contribution in [3.05, 3.63) is 0 Å². The molecule has 0 spiro atoms. The minimum atomic E-state index is -2.79. The second kappa shape index (κ2) is 6.57. The van der Waals surface area contributed by atoms with Gasteiger partial charge in [0.2, 0.25) is 0 Å². The number of rotatable bonds is 8. The molecule has 0 amide bonds. The van der Waals surface area contributed by atoms with E-state index < -0.39 is 9.84 Å². The normalized spacial score (nSPS) is 23.4. The predicted octanol–water partition coefficient (Wildman–Crippen LogP) is 2.90. The summed E-state index contributed by atoms with van der Waals surface area (Å²) in [6.45, 7) is 2.87. The maximum atomic E-state index is 11.6. The lowest BCUT2D eigenvalue weighted by Crippen LogP contribution is -2.37. The van der Waals surface area contributed by atoms with Crippen LogP contribution in [0.5, 0.6) is 0 Å². The lowest BCUT2D eigenvalue weighted by Gasteiger charge is -2.38. The second-order valence-electron chi connectivity index (χ2n) is 6.56. The van der Waals surface area contributed by atoms with Crippen molar-refractivity contribution in [3.63, 3.8) is 0 Å². The van der Waals surface area contributed by atoms with Crippen LogP contribution in [0.15, 0.2) is 0 Å². The fourth-order valence-electron chi connectivity index (χ4n) is 3.28. The van der Waals surface area contributed by atoms with Gasteiger partial charge in [-0.3, -0.25) is 0 Å². The van der Waals surface area contributed by atoms with Crippen LogP contribution < -0.4 is 5.32 Å². The Morgan fingerprint density at radius 1 is 1.16 bits per heavy atom. The van der Waals surface area contributed by atoms with Crippen LogP contribution in [0.4, 0.5) is 0 Å². The first kappa shape index (κ1) is 15.3. The first-order chi connectivity index (χ1) is 9.05. The van der Waals surface area contributed by atoms with Gasteiger partial charge in [-0.25, -0.2) is 8.42 Å². The summed E-state index contributed by atoms with van der Waals surface area (Å²) in [5, 5.41) is 3.68. The second-order valence-corrected chi connectivity index (χ2v) is 9.03. The molecule has 0 heterocycles. The van der Waals surface area contributed by atoms with Gasteiger partial charge in [0.1, 0.15) is 9.84 Å². The summed E-state index contributed by atoms with van der Waals surface area (Å²) in [5.41, 5.74) is 0.393. The molecule has 2 fully saturated rings. The molecule has 2 rings (SSSR count). The van der Waals surface area contributed by atoms with Crippen molar-refractivity contribution in [1.82, 2.24) is 5.32 Å². The highest BCUT2D eigenvalue weighted by Crippen LogP contribution is 2.40. The number of hydrogen-bond donors (Lipinski definition) is 1. The number of hydrogen-bond acceptors (Lipinski definition) is 3. The average Bonchev–Trinajstić information content (AvgIpc) is 3.22. The van der Waals surface area contributed by atoms with Crippen molar-refractivity contribution in [2.45, 2.75) is 70.8 Å². The molecule has 19 heavy (non-hydrogen) atoms. The Morgan fingerprint density at radius 2 is 1.84 bits per heavy atom. The van der Waals surface area contributed by atoms with Gasteiger partial charge >= 0.3 is 0 Å². The smallest absolute Gasteiger partial charge is 0.150 e. The lowest BCUT2D eigenvalue weighted by atomic mass is 9.71. The summed E-state index contributed by atoms with van der Waals surface area (Å²) in [4.78, 5) is 0. The summed E-state index contributed by atoms with van der Waals surface area (Å²) < 4.78 is 23.2. The maximum Gasteiger partial charge on any atom is 0.150 e. The molecule has 0 aliphatic heterocycles. The monoisotopic (exact) mass is 287 g/mol. The fraction of sp³-hybridized carbons (Fsp3) is 1.00. The standard InChI is InChI=1S/C15H29NO2S/c1-2-19(17,18)12-6-11-15(9-4-3-5-10-15)13-16-14-7-8-14/h14,16H,2-13H2,1H3. The Hall–Kier alpha value is -0.0900. The molecule has 2 aliphatic rings. The summed E-state index contributed by atoms with van der Waals surface area (Å²) in [6.07, 6.45) is 11.2. The van der Waals surface area contributed by atoms with Gasteiger partial charge in [0, 0.05) is 18.3 Å². The van der Waals surface area contributed by atoms with Gasteiger partial charge in [-0.1, -0.05) is 26.2 Å². The van der Waals surface area contributed by atoms with Crippen LogP contribution in [0, 0.1) is 5.41 Å². The maximum absolute atomic E-state index is 11.6. The van der Waals surface area contributed by atoms with Crippen molar-refractivity contribution >= 4 is 9.84 Å². The van der Waals surface area contributed by atoms with E-state index in [0.29, 0.717) is 16.9 Å². The highest BCUT2D eigenvalue weighted by Gasteiger charge is 2.33. The number of nitrogens with one attached hydrogen (secondary N) is 1. The number of sulfone groups is 1. The van der Waals surface area contributed by atoms with E-state index >= 15 is 0 Å². The van der Waals surface area contributed by atoms with Gasteiger partial charge in [0.05, 0.1) is 5.75 Å². The van der Waals surface area contributed by atoms with Crippen molar-refractivity contribution in [3.8, 4) is 0 Å². The van der Waals surface area contributed by atoms with E-state index in [2.05, 4.69) is 5.32 Å². The van der Waals surface area contributed by atoms with Crippen LogP contribution in [0.1, 0.15) is 64.7 Å². The van der Waals surface area contributed by atoms with Crippen LogP contribution in [0.3, 0.4) is 0 Å². The SMILES string of the molecule is CCS(=O)(=O)CCCC1(CNC2CC2)CCCCC1. The fourth-order valence-corrected chi connectivity index (χ4v) is 4.15. The van der Waals surface area contributed by atoms with Crippen LogP contribution in [-0.2, 0) is 9.84 Å². The third kappa shape index (κ3) is 5.07. The molecule has 0 aromatic rings. The van der Waals surface area contributed by atoms with E-state index in [1.807, 2.05) is 0 Å². The van der Waals surface area contributed by atoms with Gasteiger partial charge in [0.15, 0.2) is 0 Å². The van der Waals surface area contributed by atoms with Crippen molar-refractivity contribution in [2.24, 2.45) is 5.41 Å². The lowest BCUT2D eigenvalue weighted by molar-refractivity contribution is 0.165. The quantitative estimate of drug-likeness (QED) is 0.746. The Morgan fingerprint density at radius 3 is 2.42 bits per heavy atom. The van der Waals surface area contributed by atoms with E-state index in [1.165, 1.54) is 44.9 Å². The molecule has 4 heteroatoms. The van der Waals surface area contributed by atoms with E-state index in [-0.39, 0.29) is 0 Å². The van der Waals surface area contributed by atoms with Crippen LogP contribution >= 0.6 is 0 Å². The molecule has 0 aromatic carbocycles. The third-order valence-corrected chi connectivity index (χ3v) is 6.65. The zero-order chi connectivity index (χ0) is 13.8. The summed E-state index contributed by atoms with van der Waals surface area (Å²) in [5.74, 6) is 0.676. The molecule has 0 bridgehead atoms. The minimum absolute atomic E-state index is 0.292. The molecule has 0 saturated heterocycles. The summed E-state index contributed by atoms with van der Waals surface area (Å²) in [7, 11) is -2.79. The molecule has 0 atom stereocenters. The van der Waals surface area contributed by atoms with Gasteiger partial charge < -0.3 is 5.32 Å². The molecule has 112 valence electrons. The topological polar surface area (TPSA) is 46.2 Å². The van der Waals surface area contributed by atoms with Gasteiger partial charge in [-0.05, 0) is 43.9 Å². The Labute approximate surface area is 118 Å².